The van der Waals surface area contributed by atoms with Crippen molar-refractivity contribution in [2.45, 2.75) is 6.42 Å². The lowest BCUT2D eigenvalue weighted by Gasteiger charge is -2.10. The molecule has 0 radical (unpaired) electrons. The Labute approximate surface area is 91.7 Å². The quantitative estimate of drug-likeness (QED) is 0.684. The van der Waals surface area contributed by atoms with Crippen molar-refractivity contribution in [1.29, 1.82) is 0 Å². The van der Waals surface area contributed by atoms with E-state index >= 15 is 0 Å². The number of carbonyl (C=O) groups is 1. The number of amides is 1. The predicted molar refractivity (Wildman–Crippen MR) is 53.6 cm³/mol. The summed E-state index contributed by atoms with van der Waals surface area (Å²) in [7, 11) is 2.80. The van der Waals surface area contributed by atoms with E-state index in [0.717, 1.165) is 0 Å². The molecule has 0 fully saturated rings. The van der Waals surface area contributed by atoms with Gasteiger partial charge in [0.2, 0.25) is 0 Å². The van der Waals surface area contributed by atoms with Gasteiger partial charge in [0.15, 0.2) is 5.83 Å². The minimum absolute atomic E-state index is 0.0769. The molecule has 0 atom stereocenters. The van der Waals surface area contributed by atoms with Crippen LogP contribution in [0, 0.1) is 0 Å². The molecular weight excluding hydrogens is 216 g/mol. The summed E-state index contributed by atoms with van der Waals surface area (Å²) < 4.78 is 32.0. The van der Waals surface area contributed by atoms with Crippen LogP contribution >= 0.6 is 0 Å². The number of methoxy groups -OCH3 is 1. The Morgan fingerprint density at radius 2 is 2.12 bits per heavy atom. The Morgan fingerprint density at radius 1 is 1.44 bits per heavy atom. The highest BCUT2D eigenvalue weighted by molar-refractivity contribution is 6.01. The standard InChI is InChI=1S/C11H11F2NO2/c1-14-5-6-3-7(12)4-8(16-2)10(13)9(6)11(14)15/h3H,4-5H2,1-2H3. The Hall–Kier alpha value is -1.65. The average molecular weight is 227 g/mol. The molecule has 16 heavy (non-hydrogen) atoms. The fourth-order valence-electron chi connectivity index (χ4n) is 1.86. The second-order valence-corrected chi connectivity index (χ2v) is 3.77. The molecule has 0 saturated carbocycles. The maximum atomic E-state index is 13.9. The van der Waals surface area contributed by atoms with E-state index in [2.05, 4.69) is 0 Å². The molecule has 5 heteroatoms. The molecule has 86 valence electrons. The first-order valence-corrected chi connectivity index (χ1v) is 4.82. The molecule has 0 aromatic heterocycles. The maximum absolute atomic E-state index is 13.9. The third kappa shape index (κ3) is 1.52. The van der Waals surface area contributed by atoms with Crippen LogP contribution in [-0.2, 0) is 9.53 Å². The van der Waals surface area contributed by atoms with Gasteiger partial charge in [-0.05, 0) is 11.6 Å². The number of carbonyl (C=O) groups excluding carboxylic acids is 1. The monoisotopic (exact) mass is 227 g/mol. The van der Waals surface area contributed by atoms with Crippen LogP contribution < -0.4 is 0 Å². The highest BCUT2D eigenvalue weighted by atomic mass is 19.1. The summed E-state index contributed by atoms with van der Waals surface area (Å²) in [5, 5.41) is 0. The van der Waals surface area contributed by atoms with Gasteiger partial charge in [-0.15, -0.1) is 0 Å². The molecule has 2 rings (SSSR count). The van der Waals surface area contributed by atoms with E-state index in [-0.39, 0.29) is 24.3 Å². The van der Waals surface area contributed by atoms with Crippen LogP contribution in [0.15, 0.2) is 34.6 Å². The molecular formula is C11H11F2NO2. The van der Waals surface area contributed by atoms with Crippen molar-refractivity contribution in [3.63, 3.8) is 0 Å². The first-order valence-electron chi connectivity index (χ1n) is 4.82. The van der Waals surface area contributed by atoms with Crippen LogP contribution in [0.1, 0.15) is 6.42 Å². The summed E-state index contributed by atoms with van der Waals surface area (Å²) in [6.07, 6.45) is 0.967. The number of ether oxygens (including phenoxy) is 1. The van der Waals surface area contributed by atoms with Gasteiger partial charge in [-0.25, -0.2) is 8.78 Å². The fourth-order valence-corrected chi connectivity index (χ4v) is 1.86. The minimum Gasteiger partial charge on any atom is -0.498 e. The molecule has 2 aliphatic rings. The van der Waals surface area contributed by atoms with Gasteiger partial charge >= 0.3 is 0 Å². The summed E-state index contributed by atoms with van der Waals surface area (Å²) in [5.41, 5.74) is 0.293. The maximum Gasteiger partial charge on any atom is 0.257 e. The molecule has 0 aromatic rings. The van der Waals surface area contributed by atoms with Crippen molar-refractivity contribution in [2.75, 3.05) is 20.7 Å². The van der Waals surface area contributed by atoms with Crippen LogP contribution in [0.4, 0.5) is 8.78 Å². The van der Waals surface area contributed by atoms with Crippen molar-refractivity contribution in [1.82, 2.24) is 4.90 Å². The molecule has 0 aromatic carbocycles. The highest BCUT2D eigenvalue weighted by Crippen LogP contribution is 2.34. The van der Waals surface area contributed by atoms with E-state index in [4.69, 9.17) is 4.74 Å². The summed E-state index contributed by atoms with van der Waals surface area (Å²) >= 11 is 0. The normalized spacial score (nSPS) is 21.1. The second kappa shape index (κ2) is 3.73. The van der Waals surface area contributed by atoms with Crippen LogP contribution in [0.2, 0.25) is 0 Å². The molecule has 1 aliphatic heterocycles. The SMILES string of the molecule is COC1=C(F)C2=C(C=C(F)C1)CN(C)C2=O. The van der Waals surface area contributed by atoms with Gasteiger partial charge in [0.25, 0.3) is 5.91 Å². The number of rotatable bonds is 1. The lowest BCUT2D eigenvalue weighted by Crippen LogP contribution is -2.22. The largest absolute Gasteiger partial charge is 0.498 e. The topological polar surface area (TPSA) is 29.5 Å². The molecule has 0 bridgehead atoms. The zero-order valence-electron chi connectivity index (χ0n) is 9.01. The van der Waals surface area contributed by atoms with Gasteiger partial charge in [0.05, 0.1) is 19.1 Å². The number of hydrogen-bond donors (Lipinski definition) is 0. The van der Waals surface area contributed by atoms with Gasteiger partial charge in [-0.3, -0.25) is 4.79 Å². The molecule has 3 nitrogen and oxygen atoms in total. The number of nitrogens with zero attached hydrogens (tertiary/aromatic N) is 1. The number of hydrogen-bond acceptors (Lipinski definition) is 2. The van der Waals surface area contributed by atoms with Crippen LogP contribution in [-0.4, -0.2) is 31.5 Å². The Morgan fingerprint density at radius 3 is 2.75 bits per heavy atom. The zero-order valence-corrected chi connectivity index (χ0v) is 9.01. The molecule has 0 spiro atoms. The number of halogens is 2. The van der Waals surface area contributed by atoms with E-state index in [1.807, 2.05) is 0 Å². The Balaban J connectivity index is 2.56. The Bertz CT molecular complexity index is 449. The Kier molecular flexibility index (Phi) is 2.53. The van der Waals surface area contributed by atoms with Gasteiger partial charge in [-0.1, -0.05) is 0 Å². The van der Waals surface area contributed by atoms with E-state index in [1.165, 1.54) is 18.1 Å². The number of likely N-dealkylation sites (N-methyl/N-ethyl adjacent to an activating group) is 1. The third-order valence-electron chi connectivity index (χ3n) is 2.66. The number of allylic oxidation sites excluding steroid dienone is 1. The molecule has 1 heterocycles. The molecule has 0 saturated heterocycles. The molecule has 0 unspecified atom stereocenters. The molecule has 1 amide bonds. The fraction of sp³-hybridized carbons (Fsp3) is 0.364. The highest BCUT2D eigenvalue weighted by Gasteiger charge is 2.33. The van der Waals surface area contributed by atoms with Gasteiger partial charge < -0.3 is 9.64 Å². The van der Waals surface area contributed by atoms with Gasteiger partial charge in [0, 0.05) is 13.6 Å². The lowest BCUT2D eigenvalue weighted by atomic mass is 10.1. The summed E-state index contributed by atoms with van der Waals surface area (Å²) in [6, 6.07) is 0. The van der Waals surface area contributed by atoms with Crippen molar-refractivity contribution < 1.29 is 18.3 Å². The van der Waals surface area contributed by atoms with E-state index in [0.29, 0.717) is 5.57 Å². The molecule has 1 aliphatic carbocycles. The third-order valence-corrected chi connectivity index (χ3v) is 2.66. The first-order chi connectivity index (χ1) is 7.54. The van der Waals surface area contributed by atoms with E-state index < -0.39 is 17.6 Å². The van der Waals surface area contributed by atoms with Crippen molar-refractivity contribution in [3.05, 3.63) is 34.6 Å². The van der Waals surface area contributed by atoms with Crippen molar-refractivity contribution in [2.24, 2.45) is 0 Å². The first kappa shape index (κ1) is 10.9. The predicted octanol–water partition coefficient (Wildman–Crippen LogP) is 1.84. The molecule has 0 N–H and O–H groups in total. The van der Waals surface area contributed by atoms with Crippen molar-refractivity contribution in [3.8, 4) is 0 Å². The average Bonchev–Trinajstić information content (AvgIpc) is 2.42. The van der Waals surface area contributed by atoms with Crippen molar-refractivity contribution >= 4 is 5.91 Å². The van der Waals surface area contributed by atoms with E-state index in [1.54, 1.807) is 7.05 Å². The minimum atomic E-state index is -0.754. The zero-order chi connectivity index (χ0) is 11.9. The smallest absolute Gasteiger partial charge is 0.257 e. The van der Waals surface area contributed by atoms with Crippen LogP contribution in [0.25, 0.3) is 0 Å². The van der Waals surface area contributed by atoms with Gasteiger partial charge in [-0.2, -0.15) is 0 Å². The van der Waals surface area contributed by atoms with Crippen LogP contribution in [0.3, 0.4) is 0 Å². The lowest BCUT2D eigenvalue weighted by molar-refractivity contribution is -0.124. The van der Waals surface area contributed by atoms with E-state index in [9.17, 15) is 13.6 Å². The van der Waals surface area contributed by atoms with Gasteiger partial charge in [0.1, 0.15) is 11.6 Å². The second-order valence-electron chi connectivity index (χ2n) is 3.77. The van der Waals surface area contributed by atoms with Crippen LogP contribution in [0.5, 0.6) is 0 Å². The summed E-state index contributed by atoms with van der Waals surface area (Å²) in [4.78, 5) is 13.0. The summed E-state index contributed by atoms with van der Waals surface area (Å²) in [5.74, 6) is -1.83. The summed E-state index contributed by atoms with van der Waals surface area (Å²) in [6.45, 7) is 0.228.